The summed E-state index contributed by atoms with van der Waals surface area (Å²) in [6.07, 6.45) is 2.78. The highest BCUT2D eigenvalue weighted by Gasteiger charge is 2.35. The first kappa shape index (κ1) is 25.0. The van der Waals surface area contributed by atoms with Gasteiger partial charge in [-0.2, -0.15) is 5.48 Å². The molecule has 2 aromatic rings. The minimum Gasteiger partial charge on any atom is -0.444 e. The Morgan fingerprint density at radius 3 is 2.59 bits per heavy atom. The number of nitrogens with zero attached hydrogens (tertiary/aromatic N) is 3. The lowest BCUT2D eigenvalue weighted by Gasteiger charge is -2.41. The van der Waals surface area contributed by atoms with Crippen molar-refractivity contribution in [3.05, 3.63) is 53.6 Å². The second-order valence-electron chi connectivity index (χ2n) is 9.89. The van der Waals surface area contributed by atoms with Gasteiger partial charge in [0.25, 0.3) is 5.91 Å². The van der Waals surface area contributed by atoms with Crippen LogP contribution in [0, 0.1) is 5.92 Å². The average molecular weight is 509 g/mol. The van der Waals surface area contributed by atoms with Gasteiger partial charge in [0.1, 0.15) is 12.3 Å². The third kappa shape index (κ3) is 5.12. The molecule has 10 heteroatoms. The lowest BCUT2D eigenvalue weighted by molar-refractivity contribution is -0.829. The van der Waals surface area contributed by atoms with Crippen molar-refractivity contribution >= 4 is 35.0 Å². The van der Waals surface area contributed by atoms with Gasteiger partial charge < -0.3 is 20.3 Å². The number of quaternary nitrogens is 1. The maximum Gasteiger partial charge on any atom is 0.414 e. The van der Waals surface area contributed by atoms with E-state index in [1.807, 2.05) is 42.5 Å². The molecule has 0 aromatic heterocycles. The van der Waals surface area contributed by atoms with E-state index in [2.05, 4.69) is 4.90 Å². The molecule has 3 amide bonds. The number of amides is 3. The molecule has 2 aromatic carbocycles. The topological polar surface area (TPSA) is 122 Å². The number of rotatable bonds is 6. The number of benzene rings is 2. The molecule has 0 radical (unpaired) electrons. The molecule has 0 spiro atoms. The Kier molecular flexibility index (Phi) is 7.29. The van der Waals surface area contributed by atoms with E-state index in [9.17, 15) is 14.4 Å². The van der Waals surface area contributed by atoms with Gasteiger partial charge in [-0.3, -0.25) is 14.5 Å². The molecular weight excluding hydrogens is 474 g/mol. The van der Waals surface area contributed by atoms with Crippen molar-refractivity contribution in [2.45, 2.75) is 38.3 Å². The molecule has 4 N–H and O–H groups in total. The smallest absolute Gasteiger partial charge is 0.414 e. The highest BCUT2D eigenvalue weighted by Crippen LogP contribution is 2.34. The Hall–Kier alpha value is -3.63. The standard InChI is InChI=1S/C27H33N5O5/c1-36-29-22-15-18(26(34)31-12-4-6-19(16-31)25(28)33)8-9-24(22)30-13-10-21(11-14-30)32-23-7-3-2-5-20(23)17-37-27(32)35/h2-3,5,7-9,15,19,21,29H,4,6,10-14,16-17H2,1H3,(H2,28,33)/p+1. The van der Waals surface area contributed by atoms with E-state index in [1.165, 1.54) is 0 Å². The molecule has 2 saturated heterocycles. The van der Waals surface area contributed by atoms with E-state index in [0.717, 1.165) is 61.4 Å². The van der Waals surface area contributed by atoms with Crippen LogP contribution in [0.1, 0.15) is 41.6 Å². The normalized spacial score (nSPS) is 20.4. The van der Waals surface area contributed by atoms with Gasteiger partial charge in [-0.25, -0.2) is 9.63 Å². The number of piperidine rings is 2. The lowest BCUT2D eigenvalue weighted by Crippen LogP contribution is -2.76. The summed E-state index contributed by atoms with van der Waals surface area (Å²) in [4.78, 5) is 48.6. The highest BCUT2D eigenvalue weighted by atomic mass is 16.6. The summed E-state index contributed by atoms with van der Waals surface area (Å²) >= 11 is 0. The molecule has 5 rings (SSSR count). The predicted octanol–water partition coefficient (Wildman–Crippen LogP) is 1.91. The van der Waals surface area contributed by atoms with Gasteiger partial charge >= 0.3 is 6.09 Å². The van der Waals surface area contributed by atoms with Crippen LogP contribution in [-0.2, 0) is 21.0 Å². The van der Waals surface area contributed by atoms with Crippen LogP contribution in [0.3, 0.4) is 0 Å². The quantitative estimate of drug-likeness (QED) is 0.454. The summed E-state index contributed by atoms with van der Waals surface area (Å²) in [7, 11) is 1.59. The number of anilines is 2. The summed E-state index contributed by atoms with van der Waals surface area (Å²) in [5.74, 6) is -0.761. The minimum atomic E-state index is -0.356. The molecule has 0 aliphatic carbocycles. The van der Waals surface area contributed by atoms with Crippen molar-refractivity contribution in [3.63, 3.8) is 0 Å². The summed E-state index contributed by atoms with van der Waals surface area (Å²) in [6, 6.07) is 13.6. The van der Waals surface area contributed by atoms with E-state index in [0.29, 0.717) is 25.3 Å². The number of carbonyl (C=O) groups excluding carboxylic acids is 3. The van der Waals surface area contributed by atoms with E-state index in [-0.39, 0.29) is 29.9 Å². The summed E-state index contributed by atoms with van der Waals surface area (Å²) in [5.41, 5.74) is 11.5. The second kappa shape index (κ2) is 10.8. The third-order valence-corrected chi connectivity index (χ3v) is 7.60. The molecule has 196 valence electrons. The number of fused-ring (bicyclic) bond motifs is 1. The maximum atomic E-state index is 13.2. The highest BCUT2D eigenvalue weighted by molar-refractivity contribution is 5.96. The summed E-state index contributed by atoms with van der Waals surface area (Å²) in [5, 5.41) is 0. The van der Waals surface area contributed by atoms with Crippen molar-refractivity contribution in [2.24, 2.45) is 11.7 Å². The Bertz CT molecular complexity index is 1180. The van der Waals surface area contributed by atoms with E-state index in [1.54, 1.807) is 22.4 Å². The van der Waals surface area contributed by atoms with Crippen LogP contribution in [0.25, 0.3) is 0 Å². The molecule has 3 aliphatic rings. The van der Waals surface area contributed by atoms with Crippen LogP contribution in [0.2, 0.25) is 0 Å². The minimum absolute atomic E-state index is 0.0539. The van der Waals surface area contributed by atoms with Gasteiger partial charge in [-0.1, -0.05) is 18.2 Å². The summed E-state index contributed by atoms with van der Waals surface area (Å²) < 4.78 is 5.43. The average Bonchev–Trinajstić information content (AvgIpc) is 2.93. The Balaban J connectivity index is 1.30. The Labute approximate surface area is 216 Å². The van der Waals surface area contributed by atoms with Crippen LogP contribution in [0.5, 0.6) is 0 Å². The Morgan fingerprint density at radius 1 is 1.05 bits per heavy atom. The molecule has 3 heterocycles. The number of carbonyl (C=O) groups is 3. The molecule has 0 bridgehead atoms. The van der Waals surface area contributed by atoms with Gasteiger partial charge in [0.05, 0.1) is 18.7 Å². The fraction of sp³-hybridized carbons (Fsp3) is 0.444. The Morgan fingerprint density at radius 2 is 1.84 bits per heavy atom. The van der Waals surface area contributed by atoms with Crippen molar-refractivity contribution in [2.75, 3.05) is 43.1 Å². The molecule has 1 unspecified atom stereocenters. The van der Waals surface area contributed by atoms with Crippen molar-refractivity contribution in [1.29, 1.82) is 0 Å². The first-order chi connectivity index (χ1) is 18.0. The number of hydrogen-bond donors (Lipinski definition) is 2. The number of para-hydroxylation sites is 1. The SMILES string of the molecule is CO[NH2+]c1cc(C(=O)N2CCCC(C(N)=O)C2)ccc1N1CCC(N2C(=O)OCc3ccccc32)CC1. The van der Waals surface area contributed by atoms with Gasteiger partial charge in [-0.05, 0) is 43.9 Å². The van der Waals surface area contributed by atoms with Crippen LogP contribution >= 0.6 is 0 Å². The first-order valence-electron chi connectivity index (χ1n) is 12.8. The third-order valence-electron chi connectivity index (χ3n) is 7.60. The number of likely N-dealkylation sites (tertiary alicyclic amines) is 1. The van der Waals surface area contributed by atoms with Crippen molar-refractivity contribution in [3.8, 4) is 0 Å². The molecule has 3 aliphatic heterocycles. The van der Waals surface area contributed by atoms with Crippen LogP contribution in [0.15, 0.2) is 42.5 Å². The van der Waals surface area contributed by atoms with E-state index in [4.69, 9.17) is 15.3 Å². The zero-order valence-corrected chi connectivity index (χ0v) is 21.1. The number of hydrogen-bond acceptors (Lipinski definition) is 6. The largest absolute Gasteiger partial charge is 0.444 e. The molecule has 1 atom stereocenters. The van der Waals surface area contributed by atoms with Crippen LogP contribution < -0.4 is 21.0 Å². The number of nitrogens with two attached hydrogens (primary N) is 2. The molecule has 10 nitrogen and oxygen atoms in total. The van der Waals surface area contributed by atoms with Gasteiger partial charge in [-0.15, -0.1) is 0 Å². The van der Waals surface area contributed by atoms with Gasteiger partial charge in [0.2, 0.25) is 5.91 Å². The second-order valence-corrected chi connectivity index (χ2v) is 9.89. The zero-order valence-electron chi connectivity index (χ0n) is 21.1. The van der Waals surface area contributed by atoms with Crippen molar-refractivity contribution < 1.29 is 29.4 Å². The lowest BCUT2D eigenvalue weighted by atomic mass is 9.96. The van der Waals surface area contributed by atoms with Gasteiger partial charge in [0.15, 0.2) is 5.69 Å². The first-order valence-corrected chi connectivity index (χ1v) is 12.8. The fourth-order valence-corrected chi connectivity index (χ4v) is 5.66. The molecular formula is C27H34N5O5+. The maximum absolute atomic E-state index is 13.2. The predicted molar refractivity (Wildman–Crippen MR) is 137 cm³/mol. The molecule has 0 saturated carbocycles. The van der Waals surface area contributed by atoms with Crippen LogP contribution in [0.4, 0.5) is 21.9 Å². The fourth-order valence-electron chi connectivity index (χ4n) is 5.66. The van der Waals surface area contributed by atoms with E-state index < -0.39 is 0 Å². The van der Waals surface area contributed by atoms with Gasteiger partial charge in [0, 0.05) is 49.4 Å². The van der Waals surface area contributed by atoms with Crippen molar-refractivity contribution in [1.82, 2.24) is 4.90 Å². The van der Waals surface area contributed by atoms with Crippen LogP contribution in [-0.4, -0.2) is 62.1 Å². The number of ether oxygens (including phenoxy) is 1. The monoisotopic (exact) mass is 508 g/mol. The molecule has 2 fully saturated rings. The van der Waals surface area contributed by atoms with E-state index >= 15 is 0 Å². The molecule has 37 heavy (non-hydrogen) atoms. The number of cyclic esters (lactones) is 1. The zero-order chi connectivity index (χ0) is 25.9. The summed E-state index contributed by atoms with van der Waals surface area (Å²) in [6.45, 7) is 2.78. The number of primary amides is 1.